The third-order valence-corrected chi connectivity index (χ3v) is 3.12. The largest absolute Gasteiger partial charge is 0.370 e. The Labute approximate surface area is 135 Å². The van der Waals surface area contributed by atoms with Crippen molar-refractivity contribution in [1.82, 2.24) is 15.3 Å². The van der Waals surface area contributed by atoms with Gasteiger partial charge in [-0.25, -0.2) is 14.4 Å². The van der Waals surface area contributed by atoms with E-state index in [1.165, 1.54) is 12.1 Å². The molecule has 0 spiro atoms. The molecule has 1 heterocycles. The topological polar surface area (TPSA) is 66.9 Å². The molecule has 0 radical (unpaired) electrons. The van der Waals surface area contributed by atoms with Crippen LogP contribution in [0.15, 0.2) is 30.3 Å². The van der Waals surface area contributed by atoms with Crippen molar-refractivity contribution in [2.45, 2.75) is 33.2 Å². The zero-order chi connectivity index (χ0) is 16.8. The lowest BCUT2D eigenvalue weighted by molar-refractivity contribution is 0.0937. The average Bonchev–Trinajstić information content (AvgIpc) is 2.48. The first kappa shape index (κ1) is 16.9. The van der Waals surface area contributed by atoms with E-state index in [0.29, 0.717) is 23.9 Å². The second-order valence-electron chi connectivity index (χ2n) is 5.62. The molecule has 0 fully saturated rings. The Hall–Kier alpha value is -2.50. The number of carbonyl (C=O) groups excluding carboxylic acids is 1. The molecule has 2 N–H and O–H groups in total. The molecule has 0 saturated carbocycles. The van der Waals surface area contributed by atoms with E-state index < -0.39 is 0 Å². The van der Waals surface area contributed by atoms with Gasteiger partial charge in [0.25, 0.3) is 5.91 Å². The van der Waals surface area contributed by atoms with E-state index in [1.807, 2.05) is 13.8 Å². The zero-order valence-corrected chi connectivity index (χ0v) is 13.6. The molecule has 0 aliphatic carbocycles. The van der Waals surface area contributed by atoms with Crippen LogP contribution in [0.2, 0.25) is 0 Å². The number of halogens is 1. The Balaban J connectivity index is 1.98. The minimum Gasteiger partial charge on any atom is -0.370 e. The van der Waals surface area contributed by atoms with Crippen molar-refractivity contribution in [2.24, 2.45) is 0 Å². The Morgan fingerprint density at radius 1 is 1.22 bits per heavy atom. The minimum absolute atomic E-state index is 0.0488. The lowest BCUT2D eigenvalue weighted by Crippen LogP contribution is -2.31. The number of benzene rings is 1. The predicted molar refractivity (Wildman–Crippen MR) is 88.0 cm³/mol. The fraction of sp³-hybridized carbons (Fsp3) is 0.353. The number of hydrogen-bond acceptors (Lipinski definition) is 4. The average molecular weight is 316 g/mol. The molecular formula is C17H21FN4O. The molecule has 0 bridgehead atoms. The number of amides is 1. The number of nitrogens with zero attached hydrogens (tertiary/aromatic N) is 2. The van der Waals surface area contributed by atoms with Crippen LogP contribution in [0.3, 0.4) is 0 Å². The van der Waals surface area contributed by atoms with Crippen LogP contribution in [0.4, 0.5) is 10.2 Å². The van der Waals surface area contributed by atoms with Crippen LogP contribution in [0, 0.1) is 12.7 Å². The quantitative estimate of drug-likeness (QED) is 0.860. The molecule has 2 rings (SSSR count). The summed E-state index contributed by atoms with van der Waals surface area (Å²) in [5, 5.41) is 5.98. The molecule has 122 valence electrons. The first-order valence-electron chi connectivity index (χ1n) is 7.59. The van der Waals surface area contributed by atoms with Crippen molar-refractivity contribution in [1.29, 1.82) is 0 Å². The van der Waals surface area contributed by atoms with Gasteiger partial charge in [-0.15, -0.1) is 0 Å². The second-order valence-corrected chi connectivity index (χ2v) is 5.62. The number of anilines is 1. The van der Waals surface area contributed by atoms with Gasteiger partial charge in [0.2, 0.25) is 0 Å². The molecule has 0 saturated heterocycles. The predicted octanol–water partition coefficient (Wildman–Crippen LogP) is 2.72. The van der Waals surface area contributed by atoms with Crippen LogP contribution < -0.4 is 10.6 Å². The third-order valence-electron chi connectivity index (χ3n) is 3.12. The van der Waals surface area contributed by atoms with E-state index in [2.05, 4.69) is 20.6 Å². The van der Waals surface area contributed by atoms with Gasteiger partial charge < -0.3 is 10.6 Å². The number of rotatable bonds is 6. The second kappa shape index (κ2) is 7.67. The maximum absolute atomic E-state index is 12.9. The number of nitrogens with one attached hydrogen (secondary N) is 2. The van der Waals surface area contributed by atoms with E-state index in [9.17, 15) is 9.18 Å². The van der Waals surface area contributed by atoms with E-state index in [0.717, 1.165) is 12.0 Å². The number of aromatic nitrogens is 2. The molecule has 0 unspecified atom stereocenters. The maximum atomic E-state index is 12.9. The normalized spacial score (nSPS) is 10.7. The molecule has 1 amide bonds. The van der Waals surface area contributed by atoms with Crippen LogP contribution in [0.1, 0.15) is 35.7 Å². The van der Waals surface area contributed by atoms with Crippen molar-refractivity contribution in [3.63, 3.8) is 0 Å². The SMILES string of the molecule is Cc1nc(NCCc2ccc(F)cc2)cc(C(=O)NC(C)C)n1. The molecule has 23 heavy (non-hydrogen) atoms. The molecule has 0 aliphatic heterocycles. The highest BCUT2D eigenvalue weighted by Gasteiger charge is 2.11. The Kier molecular flexibility index (Phi) is 5.62. The van der Waals surface area contributed by atoms with Gasteiger partial charge in [-0.05, 0) is 44.9 Å². The molecule has 1 aromatic carbocycles. The van der Waals surface area contributed by atoms with Gasteiger partial charge in [-0.1, -0.05) is 12.1 Å². The van der Waals surface area contributed by atoms with Crippen LogP contribution in [0.25, 0.3) is 0 Å². The van der Waals surface area contributed by atoms with Crippen LogP contribution in [-0.4, -0.2) is 28.5 Å². The van der Waals surface area contributed by atoms with Gasteiger partial charge in [0.15, 0.2) is 0 Å². The lowest BCUT2D eigenvalue weighted by atomic mass is 10.1. The van der Waals surface area contributed by atoms with Gasteiger partial charge in [0, 0.05) is 18.7 Å². The minimum atomic E-state index is -0.242. The standard InChI is InChI=1S/C17H21FN4O/c1-11(2)20-17(23)15-10-16(22-12(3)21-15)19-9-8-13-4-6-14(18)7-5-13/h4-7,10-11H,8-9H2,1-3H3,(H,20,23)(H,19,21,22). The Bertz CT molecular complexity index is 671. The van der Waals surface area contributed by atoms with Crippen molar-refractivity contribution >= 4 is 11.7 Å². The summed E-state index contributed by atoms with van der Waals surface area (Å²) in [7, 11) is 0. The summed E-state index contributed by atoms with van der Waals surface area (Å²) in [4.78, 5) is 20.5. The van der Waals surface area contributed by atoms with Crippen LogP contribution >= 0.6 is 0 Å². The first-order chi connectivity index (χ1) is 10.9. The smallest absolute Gasteiger partial charge is 0.270 e. The number of hydrogen-bond donors (Lipinski definition) is 2. The van der Waals surface area contributed by atoms with E-state index in [1.54, 1.807) is 25.1 Å². The molecule has 2 aromatic rings. The lowest BCUT2D eigenvalue weighted by Gasteiger charge is -2.10. The Morgan fingerprint density at radius 2 is 1.91 bits per heavy atom. The van der Waals surface area contributed by atoms with E-state index >= 15 is 0 Å². The van der Waals surface area contributed by atoms with Gasteiger partial charge in [0.05, 0.1) is 0 Å². The molecule has 1 aromatic heterocycles. The summed E-state index contributed by atoms with van der Waals surface area (Å²) >= 11 is 0. The molecular weight excluding hydrogens is 295 g/mol. The van der Waals surface area contributed by atoms with E-state index in [-0.39, 0.29) is 17.8 Å². The van der Waals surface area contributed by atoms with Gasteiger partial charge in [-0.3, -0.25) is 4.79 Å². The summed E-state index contributed by atoms with van der Waals surface area (Å²) in [6, 6.07) is 8.08. The molecule has 6 heteroatoms. The highest BCUT2D eigenvalue weighted by Crippen LogP contribution is 2.08. The monoisotopic (exact) mass is 316 g/mol. The summed E-state index contributed by atoms with van der Waals surface area (Å²) < 4.78 is 12.9. The fourth-order valence-electron chi connectivity index (χ4n) is 2.10. The van der Waals surface area contributed by atoms with Crippen molar-refractivity contribution < 1.29 is 9.18 Å². The van der Waals surface area contributed by atoms with Gasteiger partial charge in [-0.2, -0.15) is 0 Å². The van der Waals surface area contributed by atoms with Crippen molar-refractivity contribution in [3.8, 4) is 0 Å². The molecule has 0 aliphatic rings. The van der Waals surface area contributed by atoms with Crippen LogP contribution in [-0.2, 0) is 6.42 Å². The third kappa shape index (κ3) is 5.32. The van der Waals surface area contributed by atoms with Crippen LogP contribution in [0.5, 0.6) is 0 Å². The van der Waals surface area contributed by atoms with E-state index in [4.69, 9.17) is 0 Å². The summed E-state index contributed by atoms with van der Waals surface area (Å²) in [5.41, 5.74) is 1.37. The highest BCUT2D eigenvalue weighted by atomic mass is 19.1. The highest BCUT2D eigenvalue weighted by molar-refractivity contribution is 5.93. The van der Waals surface area contributed by atoms with Crippen molar-refractivity contribution in [3.05, 3.63) is 53.2 Å². The fourth-order valence-corrected chi connectivity index (χ4v) is 2.10. The van der Waals surface area contributed by atoms with Crippen molar-refractivity contribution in [2.75, 3.05) is 11.9 Å². The summed E-state index contributed by atoms with van der Waals surface area (Å²) in [6.45, 7) is 6.17. The molecule has 5 nitrogen and oxygen atoms in total. The summed E-state index contributed by atoms with van der Waals surface area (Å²) in [6.07, 6.45) is 0.733. The Morgan fingerprint density at radius 3 is 2.57 bits per heavy atom. The first-order valence-corrected chi connectivity index (χ1v) is 7.59. The number of carbonyl (C=O) groups is 1. The molecule has 0 atom stereocenters. The van der Waals surface area contributed by atoms with Gasteiger partial charge >= 0.3 is 0 Å². The number of aryl methyl sites for hydroxylation is 1. The van der Waals surface area contributed by atoms with Gasteiger partial charge in [0.1, 0.15) is 23.2 Å². The maximum Gasteiger partial charge on any atom is 0.270 e. The summed E-state index contributed by atoms with van der Waals surface area (Å²) in [5.74, 6) is 0.681. The zero-order valence-electron chi connectivity index (χ0n) is 13.6.